The summed E-state index contributed by atoms with van der Waals surface area (Å²) in [4.78, 5) is 32.6. The van der Waals surface area contributed by atoms with Gasteiger partial charge in [0, 0.05) is 18.9 Å². The summed E-state index contributed by atoms with van der Waals surface area (Å²) in [5, 5.41) is 11.5. The maximum atomic E-state index is 11.8. The molecule has 2 aromatic heterocycles. The Morgan fingerprint density at radius 1 is 1.32 bits per heavy atom. The van der Waals surface area contributed by atoms with Crippen LogP contribution in [0.5, 0.6) is 0 Å². The standard InChI is InChI=1S/C12H12N4O3/c17-11(9-10(12(18)19)16-7-15-9)14-6-3-8-1-4-13-5-2-8/h1-2,4-5,7H,3,6H2,(H,14,17)(H,15,16)(H,18,19). The summed E-state index contributed by atoms with van der Waals surface area (Å²) in [6.45, 7) is 0.398. The molecule has 0 fully saturated rings. The van der Waals surface area contributed by atoms with Gasteiger partial charge < -0.3 is 15.4 Å². The van der Waals surface area contributed by atoms with Crippen molar-refractivity contribution in [2.45, 2.75) is 6.42 Å². The molecule has 2 aromatic rings. The van der Waals surface area contributed by atoms with Crippen LogP contribution in [0.3, 0.4) is 0 Å². The molecule has 0 radical (unpaired) electrons. The summed E-state index contributed by atoms with van der Waals surface area (Å²) in [6, 6.07) is 3.70. The summed E-state index contributed by atoms with van der Waals surface area (Å²) in [6.07, 6.45) is 5.17. The lowest BCUT2D eigenvalue weighted by Crippen LogP contribution is -2.27. The average molecular weight is 260 g/mol. The second-order valence-electron chi connectivity index (χ2n) is 3.79. The van der Waals surface area contributed by atoms with Gasteiger partial charge in [0.1, 0.15) is 0 Å². The lowest BCUT2D eigenvalue weighted by atomic mass is 10.2. The zero-order chi connectivity index (χ0) is 13.7. The number of aromatic carboxylic acids is 1. The van der Waals surface area contributed by atoms with Crippen LogP contribution in [0.15, 0.2) is 30.9 Å². The van der Waals surface area contributed by atoms with Gasteiger partial charge in [-0.15, -0.1) is 0 Å². The summed E-state index contributed by atoms with van der Waals surface area (Å²) in [7, 11) is 0. The number of carboxylic acid groups (broad SMARTS) is 1. The topological polar surface area (TPSA) is 108 Å². The van der Waals surface area contributed by atoms with Crippen LogP contribution in [0.4, 0.5) is 0 Å². The Labute approximate surface area is 108 Å². The molecule has 0 bridgehead atoms. The predicted octanol–water partition coefficient (Wildman–Crippen LogP) is 0.475. The van der Waals surface area contributed by atoms with E-state index >= 15 is 0 Å². The van der Waals surface area contributed by atoms with Gasteiger partial charge in [0.2, 0.25) is 0 Å². The highest BCUT2D eigenvalue weighted by Gasteiger charge is 2.18. The molecule has 0 spiro atoms. The monoisotopic (exact) mass is 260 g/mol. The maximum absolute atomic E-state index is 11.8. The number of carboxylic acids is 1. The number of rotatable bonds is 5. The Bertz CT molecular complexity index is 580. The first-order valence-electron chi connectivity index (χ1n) is 5.62. The van der Waals surface area contributed by atoms with Crippen LogP contribution >= 0.6 is 0 Å². The number of pyridine rings is 1. The Morgan fingerprint density at radius 2 is 2.05 bits per heavy atom. The molecule has 1 amide bonds. The Balaban J connectivity index is 1.91. The normalized spacial score (nSPS) is 10.1. The van der Waals surface area contributed by atoms with E-state index < -0.39 is 11.9 Å². The predicted molar refractivity (Wildman–Crippen MR) is 65.8 cm³/mol. The van der Waals surface area contributed by atoms with E-state index in [1.807, 2.05) is 12.1 Å². The molecule has 0 aliphatic heterocycles. The minimum atomic E-state index is -1.21. The Hall–Kier alpha value is -2.70. The van der Waals surface area contributed by atoms with E-state index in [1.54, 1.807) is 12.4 Å². The first-order chi connectivity index (χ1) is 9.18. The van der Waals surface area contributed by atoms with Gasteiger partial charge in [-0.3, -0.25) is 9.78 Å². The van der Waals surface area contributed by atoms with Crippen LogP contribution < -0.4 is 5.32 Å². The first-order valence-corrected chi connectivity index (χ1v) is 5.62. The first kappa shape index (κ1) is 12.7. The molecule has 0 aliphatic carbocycles. The number of aromatic nitrogens is 3. The van der Waals surface area contributed by atoms with Crippen LogP contribution in [0.25, 0.3) is 0 Å². The zero-order valence-corrected chi connectivity index (χ0v) is 9.96. The average Bonchev–Trinajstić information content (AvgIpc) is 2.89. The summed E-state index contributed by atoms with van der Waals surface area (Å²) in [5.41, 5.74) is 0.722. The van der Waals surface area contributed by atoms with Crippen LogP contribution in [0, 0.1) is 0 Å². The number of carbonyl (C=O) groups is 2. The molecule has 3 N–H and O–H groups in total. The van der Waals surface area contributed by atoms with Crippen molar-refractivity contribution in [2.24, 2.45) is 0 Å². The van der Waals surface area contributed by atoms with Gasteiger partial charge in [0.25, 0.3) is 5.91 Å². The number of nitrogens with zero attached hydrogens (tertiary/aromatic N) is 2. The van der Waals surface area contributed by atoms with E-state index in [4.69, 9.17) is 5.11 Å². The minimum absolute atomic E-state index is 0.109. The van der Waals surface area contributed by atoms with Crippen molar-refractivity contribution in [3.63, 3.8) is 0 Å². The van der Waals surface area contributed by atoms with E-state index in [1.165, 1.54) is 6.33 Å². The summed E-state index contributed by atoms with van der Waals surface area (Å²) in [5.74, 6) is -1.72. The molecule has 2 rings (SSSR count). The van der Waals surface area contributed by atoms with Crippen molar-refractivity contribution in [3.8, 4) is 0 Å². The third kappa shape index (κ3) is 3.15. The Morgan fingerprint density at radius 3 is 2.74 bits per heavy atom. The van der Waals surface area contributed by atoms with Crippen molar-refractivity contribution in [3.05, 3.63) is 47.8 Å². The fourth-order valence-electron chi connectivity index (χ4n) is 1.58. The molecule has 0 saturated heterocycles. The summed E-state index contributed by atoms with van der Waals surface area (Å²) < 4.78 is 0. The molecule has 0 unspecified atom stereocenters. The highest BCUT2D eigenvalue weighted by Crippen LogP contribution is 2.02. The molecule has 0 saturated carbocycles. The number of H-pyrrole nitrogens is 1. The van der Waals surface area contributed by atoms with Gasteiger partial charge in [-0.25, -0.2) is 9.78 Å². The minimum Gasteiger partial charge on any atom is -0.477 e. The van der Waals surface area contributed by atoms with Crippen molar-refractivity contribution < 1.29 is 14.7 Å². The van der Waals surface area contributed by atoms with Crippen molar-refractivity contribution in [1.82, 2.24) is 20.3 Å². The van der Waals surface area contributed by atoms with Crippen molar-refractivity contribution in [2.75, 3.05) is 6.54 Å². The maximum Gasteiger partial charge on any atom is 0.354 e. The number of hydrogen-bond acceptors (Lipinski definition) is 4. The molecule has 19 heavy (non-hydrogen) atoms. The van der Waals surface area contributed by atoms with Crippen molar-refractivity contribution >= 4 is 11.9 Å². The van der Waals surface area contributed by atoms with Gasteiger partial charge in [0.05, 0.1) is 6.33 Å². The Kier molecular flexibility index (Phi) is 3.87. The smallest absolute Gasteiger partial charge is 0.354 e. The van der Waals surface area contributed by atoms with E-state index in [-0.39, 0.29) is 11.4 Å². The fraction of sp³-hybridized carbons (Fsp3) is 0.167. The molecule has 0 aromatic carbocycles. The number of amides is 1. The highest BCUT2D eigenvalue weighted by atomic mass is 16.4. The molecule has 7 heteroatoms. The number of aromatic amines is 1. The fourth-order valence-corrected chi connectivity index (χ4v) is 1.58. The number of hydrogen-bond donors (Lipinski definition) is 3. The third-order valence-corrected chi connectivity index (χ3v) is 2.52. The lowest BCUT2D eigenvalue weighted by Gasteiger charge is -2.04. The van der Waals surface area contributed by atoms with Crippen LogP contribution in [0.1, 0.15) is 26.5 Å². The number of carbonyl (C=O) groups excluding carboxylic acids is 1. The lowest BCUT2D eigenvalue weighted by molar-refractivity contribution is 0.0685. The van der Waals surface area contributed by atoms with E-state index in [0.29, 0.717) is 13.0 Å². The number of imidazole rings is 1. The molecule has 7 nitrogen and oxygen atoms in total. The molecule has 98 valence electrons. The quantitative estimate of drug-likeness (QED) is 0.724. The zero-order valence-electron chi connectivity index (χ0n) is 9.96. The third-order valence-electron chi connectivity index (χ3n) is 2.52. The molecular formula is C12H12N4O3. The van der Waals surface area contributed by atoms with Crippen LogP contribution in [0.2, 0.25) is 0 Å². The second kappa shape index (κ2) is 5.76. The second-order valence-corrected chi connectivity index (χ2v) is 3.79. The van der Waals surface area contributed by atoms with Gasteiger partial charge in [-0.1, -0.05) is 0 Å². The van der Waals surface area contributed by atoms with Gasteiger partial charge in [-0.05, 0) is 24.1 Å². The summed E-state index contributed by atoms with van der Waals surface area (Å²) >= 11 is 0. The van der Waals surface area contributed by atoms with E-state index in [0.717, 1.165) is 5.56 Å². The molecule has 2 heterocycles. The van der Waals surface area contributed by atoms with E-state index in [2.05, 4.69) is 20.3 Å². The highest BCUT2D eigenvalue weighted by molar-refractivity contribution is 6.02. The van der Waals surface area contributed by atoms with Gasteiger partial charge in [0.15, 0.2) is 11.4 Å². The van der Waals surface area contributed by atoms with Crippen LogP contribution in [-0.2, 0) is 6.42 Å². The molecule has 0 atom stereocenters. The van der Waals surface area contributed by atoms with Gasteiger partial charge >= 0.3 is 5.97 Å². The largest absolute Gasteiger partial charge is 0.477 e. The number of nitrogens with one attached hydrogen (secondary N) is 2. The molecule has 0 aliphatic rings. The van der Waals surface area contributed by atoms with E-state index in [9.17, 15) is 9.59 Å². The van der Waals surface area contributed by atoms with Crippen molar-refractivity contribution in [1.29, 1.82) is 0 Å². The SMILES string of the molecule is O=C(NCCc1ccncc1)c1nc[nH]c1C(=O)O. The molecular weight excluding hydrogens is 248 g/mol. The van der Waals surface area contributed by atoms with Gasteiger partial charge in [-0.2, -0.15) is 0 Å². The van der Waals surface area contributed by atoms with Crippen LogP contribution in [-0.4, -0.2) is 38.5 Å².